The lowest BCUT2D eigenvalue weighted by molar-refractivity contribution is -0.160. The van der Waals surface area contributed by atoms with E-state index in [0.717, 1.165) is 11.1 Å². The summed E-state index contributed by atoms with van der Waals surface area (Å²) in [5, 5.41) is 13.8. The van der Waals surface area contributed by atoms with E-state index < -0.39 is 66.1 Å². The number of benzene rings is 3. The van der Waals surface area contributed by atoms with Gasteiger partial charge in [-0.2, -0.15) is 0 Å². The standard InChI is InChI=1S/C42H46BrN3O7/c1-5-7-21-33(48)44-24-32(29-19-12-9-13-20-29)52-41(51)34-35-39(49)46(31(25-47)28-17-10-8-11-18-28)38(42(35)23-30(43)37(34)53-42)40(50)45(22-6-2)36-26(3)15-14-16-27(36)4/h5-6,8-20,30-32,34-35,37-38,47H,1-2,7,21-25H2,3-4H3,(H,44,48)/t30?,31-,32+,34-,35+,37-,38-,42+/m1/s1. The number of para-hydroxylation sites is 1. The van der Waals surface area contributed by atoms with Gasteiger partial charge in [0, 0.05) is 23.5 Å². The summed E-state index contributed by atoms with van der Waals surface area (Å²) < 4.78 is 13.0. The van der Waals surface area contributed by atoms with Gasteiger partial charge in [0.15, 0.2) is 0 Å². The minimum absolute atomic E-state index is 0.0194. The Hall–Kier alpha value is -4.58. The summed E-state index contributed by atoms with van der Waals surface area (Å²) in [6.45, 7) is 11.2. The molecule has 278 valence electrons. The molecule has 6 rings (SSSR count). The van der Waals surface area contributed by atoms with Crippen LogP contribution in [0.25, 0.3) is 0 Å². The third-order valence-corrected chi connectivity index (χ3v) is 11.5. The number of allylic oxidation sites excluding steroid dienone is 1. The molecule has 3 aliphatic rings. The summed E-state index contributed by atoms with van der Waals surface area (Å²) in [6, 6.07) is 21.8. The number of anilines is 1. The largest absolute Gasteiger partial charge is 0.455 e. The van der Waals surface area contributed by atoms with E-state index >= 15 is 9.59 Å². The first-order chi connectivity index (χ1) is 25.6. The zero-order valence-electron chi connectivity index (χ0n) is 30.0. The number of esters is 1. The normalized spacial score (nSPS) is 25.3. The summed E-state index contributed by atoms with van der Waals surface area (Å²) in [7, 11) is 0. The first-order valence-corrected chi connectivity index (χ1v) is 18.9. The molecule has 3 saturated heterocycles. The molecule has 53 heavy (non-hydrogen) atoms. The van der Waals surface area contributed by atoms with Gasteiger partial charge in [-0.25, -0.2) is 0 Å². The molecule has 3 aromatic carbocycles. The average molecular weight is 785 g/mol. The van der Waals surface area contributed by atoms with Gasteiger partial charge < -0.3 is 29.7 Å². The van der Waals surface area contributed by atoms with Crippen LogP contribution < -0.4 is 10.2 Å². The minimum atomic E-state index is -1.42. The predicted molar refractivity (Wildman–Crippen MR) is 205 cm³/mol. The van der Waals surface area contributed by atoms with Crippen LogP contribution in [0.1, 0.15) is 53.7 Å². The number of carbonyl (C=O) groups is 4. The van der Waals surface area contributed by atoms with Crippen LogP contribution in [0.15, 0.2) is 104 Å². The van der Waals surface area contributed by atoms with Crippen molar-refractivity contribution in [3.8, 4) is 0 Å². The average Bonchev–Trinajstić information content (AvgIpc) is 3.76. The second-order valence-corrected chi connectivity index (χ2v) is 15.1. The smallest absolute Gasteiger partial charge is 0.313 e. The highest BCUT2D eigenvalue weighted by Gasteiger charge is 2.77. The number of nitrogens with zero attached hydrogens (tertiary/aromatic N) is 2. The third kappa shape index (κ3) is 7.10. The molecule has 3 aromatic rings. The first-order valence-electron chi connectivity index (χ1n) is 18.0. The second kappa shape index (κ2) is 16.2. The third-order valence-electron chi connectivity index (χ3n) is 10.7. The van der Waals surface area contributed by atoms with Crippen LogP contribution in [0.2, 0.25) is 0 Å². The Morgan fingerprint density at radius 3 is 2.26 bits per heavy atom. The number of aryl methyl sites for hydroxylation is 2. The number of aliphatic hydroxyl groups is 1. The van der Waals surface area contributed by atoms with Gasteiger partial charge in [0.1, 0.15) is 17.7 Å². The molecular formula is C42H46BrN3O7. The van der Waals surface area contributed by atoms with Gasteiger partial charge in [0.05, 0.1) is 37.1 Å². The predicted octanol–water partition coefficient (Wildman–Crippen LogP) is 5.67. The summed E-state index contributed by atoms with van der Waals surface area (Å²) >= 11 is 3.75. The monoisotopic (exact) mass is 783 g/mol. The Kier molecular flexibility index (Phi) is 11.7. The fraction of sp³-hybridized carbons (Fsp3) is 0.381. The van der Waals surface area contributed by atoms with Crippen LogP contribution in [-0.2, 0) is 28.7 Å². The molecule has 1 spiro atoms. The summed E-state index contributed by atoms with van der Waals surface area (Å²) in [5.74, 6) is -3.90. The fourth-order valence-corrected chi connectivity index (χ4v) is 9.37. The lowest BCUT2D eigenvalue weighted by Crippen LogP contribution is -2.58. The fourth-order valence-electron chi connectivity index (χ4n) is 8.42. The van der Waals surface area contributed by atoms with Crippen LogP contribution in [0.3, 0.4) is 0 Å². The number of hydrogen-bond acceptors (Lipinski definition) is 7. The Bertz CT molecular complexity index is 1840. The molecule has 0 saturated carbocycles. The maximum atomic E-state index is 15.3. The number of carbonyl (C=O) groups excluding carboxylic acids is 4. The van der Waals surface area contributed by atoms with Gasteiger partial charge >= 0.3 is 5.97 Å². The Labute approximate surface area is 319 Å². The van der Waals surface area contributed by atoms with Crippen LogP contribution >= 0.6 is 15.9 Å². The van der Waals surface area contributed by atoms with Gasteiger partial charge in [-0.3, -0.25) is 19.2 Å². The molecular weight excluding hydrogens is 738 g/mol. The van der Waals surface area contributed by atoms with Crippen molar-refractivity contribution >= 4 is 45.3 Å². The van der Waals surface area contributed by atoms with E-state index in [1.165, 1.54) is 4.90 Å². The molecule has 3 aliphatic heterocycles. The van der Waals surface area contributed by atoms with Crippen molar-refractivity contribution in [1.29, 1.82) is 0 Å². The molecule has 3 fully saturated rings. The Morgan fingerprint density at radius 2 is 1.66 bits per heavy atom. The van der Waals surface area contributed by atoms with Crippen LogP contribution in [0.4, 0.5) is 5.69 Å². The van der Waals surface area contributed by atoms with Crippen LogP contribution in [0, 0.1) is 25.7 Å². The van der Waals surface area contributed by atoms with E-state index in [2.05, 4.69) is 34.4 Å². The number of aliphatic hydroxyl groups excluding tert-OH is 1. The molecule has 3 heterocycles. The molecule has 8 atom stereocenters. The number of fused-ring (bicyclic) bond motifs is 1. The quantitative estimate of drug-likeness (QED) is 0.116. The SMILES string of the molecule is C=CCCC(=O)NC[C@H](OC(=O)[C@H]1[C@@H]2O[C@@]3(CC2Br)[C@@H]1C(=O)N([C@H](CO)c1ccccc1)[C@@H]3C(=O)N(CC=C)c1c(C)cccc1C)c1ccccc1. The van der Waals surface area contributed by atoms with Crippen molar-refractivity contribution in [1.82, 2.24) is 10.2 Å². The van der Waals surface area contributed by atoms with Gasteiger partial charge in [-0.05, 0) is 48.9 Å². The van der Waals surface area contributed by atoms with Gasteiger partial charge in [0.2, 0.25) is 11.8 Å². The van der Waals surface area contributed by atoms with E-state index in [0.29, 0.717) is 23.2 Å². The second-order valence-electron chi connectivity index (χ2n) is 14.0. The van der Waals surface area contributed by atoms with E-state index in [1.54, 1.807) is 29.2 Å². The van der Waals surface area contributed by atoms with Gasteiger partial charge in [-0.1, -0.05) is 107 Å². The maximum absolute atomic E-state index is 15.3. The summed E-state index contributed by atoms with van der Waals surface area (Å²) in [5.41, 5.74) is 2.32. The zero-order valence-corrected chi connectivity index (χ0v) is 31.6. The van der Waals surface area contributed by atoms with Crippen molar-refractivity contribution in [2.45, 2.75) is 67.8 Å². The highest BCUT2D eigenvalue weighted by molar-refractivity contribution is 9.09. The number of nitrogens with one attached hydrogen (secondary N) is 1. The number of hydrogen-bond donors (Lipinski definition) is 2. The number of ether oxygens (including phenoxy) is 2. The Morgan fingerprint density at radius 1 is 1.02 bits per heavy atom. The molecule has 2 N–H and O–H groups in total. The van der Waals surface area contributed by atoms with Crippen LogP contribution in [0.5, 0.6) is 0 Å². The molecule has 11 heteroatoms. The minimum Gasteiger partial charge on any atom is -0.455 e. The molecule has 0 aliphatic carbocycles. The topological polar surface area (TPSA) is 125 Å². The number of alkyl halides is 1. The van der Waals surface area contributed by atoms with Gasteiger partial charge in [0.25, 0.3) is 5.91 Å². The zero-order chi connectivity index (χ0) is 37.9. The van der Waals surface area contributed by atoms with E-state index in [9.17, 15) is 14.7 Å². The molecule has 3 amide bonds. The van der Waals surface area contributed by atoms with E-state index in [4.69, 9.17) is 9.47 Å². The van der Waals surface area contributed by atoms with Crippen molar-refractivity contribution in [2.24, 2.45) is 11.8 Å². The van der Waals surface area contributed by atoms with Crippen molar-refractivity contribution in [3.63, 3.8) is 0 Å². The van der Waals surface area contributed by atoms with Gasteiger partial charge in [-0.15, -0.1) is 13.2 Å². The molecule has 2 bridgehead atoms. The lowest BCUT2D eigenvalue weighted by atomic mass is 9.70. The highest BCUT2D eigenvalue weighted by Crippen LogP contribution is 2.61. The summed E-state index contributed by atoms with van der Waals surface area (Å²) in [6.07, 6.45) is 2.69. The molecule has 1 unspecified atom stereocenters. The molecule has 0 aromatic heterocycles. The van der Waals surface area contributed by atoms with E-state index in [1.807, 2.05) is 80.6 Å². The molecule has 0 radical (unpaired) electrons. The number of halogens is 1. The van der Waals surface area contributed by atoms with Crippen molar-refractivity contribution in [2.75, 3.05) is 24.6 Å². The number of amides is 3. The van der Waals surface area contributed by atoms with Crippen molar-refractivity contribution < 1.29 is 33.8 Å². The van der Waals surface area contributed by atoms with E-state index in [-0.39, 0.29) is 36.7 Å². The number of likely N-dealkylation sites (tertiary alicyclic amines) is 1. The number of rotatable bonds is 15. The van der Waals surface area contributed by atoms with Crippen LogP contribution in [-0.4, -0.2) is 76.0 Å². The maximum Gasteiger partial charge on any atom is 0.313 e. The highest BCUT2D eigenvalue weighted by atomic mass is 79.9. The molecule has 10 nitrogen and oxygen atoms in total. The lowest BCUT2D eigenvalue weighted by Gasteiger charge is -2.40. The Balaban J connectivity index is 1.42. The first kappa shape index (κ1) is 38.2. The summed E-state index contributed by atoms with van der Waals surface area (Å²) in [4.78, 5) is 60.1. The van der Waals surface area contributed by atoms with Crippen molar-refractivity contribution in [3.05, 3.63) is 126 Å².